The van der Waals surface area contributed by atoms with Gasteiger partial charge in [0.15, 0.2) is 6.01 Å². The topological polar surface area (TPSA) is 87.4 Å². The van der Waals surface area contributed by atoms with Gasteiger partial charge in [0.05, 0.1) is 16.5 Å². The van der Waals surface area contributed by atoms with Crippen molar-refractivity contribution >= 4 is 9.84 Å². The van der Waals surface area contributed by atoms with Crippen molar-refractivity contribution in [1.82, 2.24) is 0 Å². The quantitative estimate of drug-likeness (QED) is 0.794. The van der Waals surface area contributed by atoms with Crippen LogP contribution in [0, 0.1) is 17.1 Å². The van der Waals surface area contributed by atoms with Gasteiger partial charge in [0.25, 0.3) is 5.92 Å². The molecular formula is C17H11F4NO4S. The van der Waals surface area contributed by atoms with Crippen LogP contribution in [0.1, 0.15) is 22.8 Å². The molecule has 0 fully saturated rings. The number of nitrogens with zero attached hydrogens (tertiary/aromatic N) is 1. The molecule has 1 atom stereocenters. The van der Waals surface area contributed by atoms with Crippen LogP contribution in [0.5, 0.6) is 11.5 Å². The fourth-order valence-electron chi connectivity index (χ4n) is 2.89. The Kier molecular flexibility index (Phi) is 4.61. The zero-order valence-corrected chi connectivity index (χ0v) is 14.2. The fourth-order valence-corrected chi connectivity index (χ4v) is 3.85. The molecule has 1 unspecified atom stereocenters. The van der Waals surface area contributed by atoms with Gasteiger partial charge in [0.1, 0.15) is 23.4 Å². The maximum absolute atomic E-state index is 14.0. The van der Waals surface area contributed by atoms with Crippen molar-refractivity contribution in [3.05, 3.63) is 52.8 Å². The predicted molar refractivity (Wildman–Crippen MR) is 84.4 cm³/mol. The van der Waals surface area contributed by atoms with Crippen molar-refractivity contribution in [3.8, 4) is 17.6 Å². The van der Waals surface area contributed by atoms with Crippen LogP contribution in [0.25, 0.3) is 0 Å². The maximum atomic E-state index is 14.0. The summed E-state index contributed by atoms with van der Waals surface area (Å²) in [4.78, 5) is -0.756. The van der Waals surface area contributed by atoms with Crippen LogP contribution in [0.2, 0.25) is 0 Å². The molecule has 27 heavy (non-hydrogen) atoms. The monoisotopic (exact) mass is 401 g/mol. The van der Waals surface area contributed by atoms with Gasteiger partial charge in [-0.15, -0.1) is 0 Å². The second kappa shape index (κ2) is 6.51. The molecule has 2 aromatic carbocycles. The first kappa shape index (κ1) is 19.1. The van der Waals surface area contributed by atoms with Crippen LogP contribution in [0.4, 0.5) is 17.6 Å². The first-order valence-corrected chi connectivity index (χ1v) is 9.13. The summed E-state index contributed by atoms with van der Waals surface area (Å²) < 4.78 is 83.5. The maximum Gasteiger partial charge on any atom is 0.281 e. The highest BCUT2D eigenvalue weighted by Crippen LogP contribution is 2.49. The summed E-state index contributed by atoms with van der Waals surface area (Å²) in [6.07, 6.45) is -3.51. The lowest BCUT2D eigenvalue weighted by Crippen LogP contribution is -2.22. The Labute approximate surface area is 151 Å². The van der Waals surface area contributed by atoms with Crippen LogP contribution in [-0.2, 0) is 16.3 Å². The molecule has 1 aliphatic carbocycles. The molecule has 1 N–H and O–H groups in total. The first-order valence-electron chi connectivity index (χ1n) is 7.48. The lowest BCUT2D eigenvalue weighted by atomic mass is 10.1. The second-order valence-corrected chi connectivity index (χ2v) is 7.80. The molecule has 0 bridgehead atoms. The second-order valence-electron chi connectivity index (χ2n) is 5.91. The number of alkyl halides is 3. The Morgan fingerprint density at radius 2 is 2.00 bits per heavy atom. The van der Waals surface area contributed by atoms with Crippen LogP contribution < -0.4 is 4.74 Å². The average molecular weight is 401 g/mol. The fraction of sp³-hybridized carbons (Fsp3) is 0.235. The molecule has 0 aromatic heterocycles. The Balaban J connectivity index is 2.15. The van der Waals surface area contributed by atoms with Gasteiger partial charge in [0.2, 0.25) is 9.84 Å². The third-order valence-corrected chi connectivity index (χ3v) is 5.38. The summed E-state index contributed by atoms with van der Waals surface area (Å²) in [5.41, 5.74) is -1.06. The van der Waals surface area contributed by atoms with Crippen molar-refractivity contribution in [2.45, 2.75) is 23.3 Å². The average Bonchev–Trinajstić information content (AvgIpc) is 2.85. The van der Waals surface area contributed by atoms with Crippen molar-refractivity contribution in [1.29, 1.82) is 5.26 Å². The number of ether oxygens (including phenoxy) is 1. The largest absolute Gasteiger partial charge is 0.457 e. The number of fused-ring (bicyclic) bond motifs is 1. The molecule has 1 aliphatic rings. The summed E-state index contributed by atoms with van der Waals surface area (Å²) in [5.74, 6) is -4.93. The van der Waals surface area contributed by atoms with Gasteiger partial charge < -0.3 is 9.84 Å². The first-order chi connectivity index (χ1) is 12.6. The van der Waals surface area contributed by atoms with Gasteiger partial charge in [-0.05, 0) is 24.3 Å². The highest BCUT2D eigenvalue weighted by Gasteiger charge is 2.50. The van der Waals surface area contributed by atoms with Gasteiger partial charge in [-0.2, -0.15) is 5.26 Å². The van der Waals surface area contributed by atoms with Gasteiger partial charge in [-0.1, -0.05) is 0 Å². The predicted octanol–water partition coefficient (Wildman–Crippen LogP) is 3.42. The molecule has 0 saturated carbocycles. The molecule has 5 nitrogen and oxygen atoms in total. The van der Waals surface area contributed by atoms with E-state index in [1.165, 1.54) is 0 Å². The normalized spacial score (nSPS) is 18.0. The van der Waals surface area contributed by atoms with E-state index in [0.717, 1.165) is 30.3 Å². The third kappa shape index (κ3) is 3.36. The zero-order valence-electron chi connectivity index (χ0n) is 13.4. The third-order valence-electron chi connectivity index (χ3n) is 4.07. The molecule has 142 valence electrons. The number of aliphatic hydroxyl groups excluding tert-OH is 1. The summed E-state index contributed by atoms with van der Waals surface area (Å²) >= 11 is 0. The SMILES string of the molecule is N#Cc1cc(F)cc(Oc2ccc(S(=O)(=O)CF)c3c2CC(F)(F)C3O)c1. The molecule has 0 radical (unpaired) electrons. The van der Waals surface area contributed by atoms with Crippen molar-refractivity contribution < 1.29 is 35.8 Å². The van der Waals surface area contributed by atoms with Crippen molar-refractivity contribution in [2.75, 3.05) is 6.01 Å². The number of hydrogen-bond acceptors (Lipinski definition) is 5. The minimum absolute atomic E-state index is 0.0800. The van der Waals surface area contributed by atoms with Crippen LogP contribution in [0.3, 0.4) is 0 Å². The summed E-state index contributed by atoms with van der Waals surface area (Å²) in [5, 5.41) is 18.7. The molecule has 0 spiro atoms. The van der Waals surface area contributed by atoms with E-state index in [9.17, 15) is 31.1 Å². The highest BCUT2D eigenvalue weighted by atomic mass is 32.2. The standard InChI is InChI=1S/C17H11F4NO4S/c18-8-27(24,25)14-2-1-13(12-6-17(20,21)16(23)15(12)14)26-11-4-9(7-22)3-10(19)5-11/h1-5,16,23H,6,8H2. The van der Waals surface area contributed by atoms with E-state index in [4.69, 9.17) is 10.00 Å². The highest BCUT2D eigenvalue weighted by molar-refractivity contribution is 7.91. The number of aliphatic hydroxyl groups is 1. The Morgan fingerprint density at radius 3 is 2.63 bits per heavy atom. The van der Waals surface area contributed by atoms with Crippen LogP contribution in [0.15, 0.2) is 35.2 Å². The molecule has 0 aliphatic heterocycles. The van der Waals surface area contributed by atoms with E-state index in [1.54, 1.807) is 6.07 Å². The number of sulfone groups is 1. The Bertz CT molecular complexity index is 1060. The van der Waals surface area contributed by atoms with Gasteiger partial charge >= 0.3 is 0 Å². The van der Waals surface area contributed by atoms with E-state index in [1.807, 2.05) is 0 Å². The Morgan fingerprint density at radius 1 is 1.30 bits per heavy atom. The van der Waals surface area contributed by atoms with Crippen LogP contribution in [-0.4, -0.2) is 25.5 Å². The van der Waals surface area contributed by atoms with E-state index in [0.29, 0.717) is 0 Å². The minimum Gasteiger partial charge on any atom is -0.457 e. The zero-order chi connectivity index (χ0) is 20.0. The van der Waals surface area contributed by atoms with Gasteiger partial charge in [0, 0.05) is 23.6 Å². The molecule has 10 heteroatoms. The van der Waals surface area contributed by atoms with Crippen LogP contribution >= 0.6 is 0 Å². The number of rotatable bonds is 4. The van der Waals surface area contributed by atoms with E-state index in [-0.39, 0.29) is 22.6 Å². The van der Waals surface area contributed by atoms with E-state index < -0.39 is 50.6 Å². The minimum atomic E-state index is -4.53. The van der Waals surface area contributed by atoms with E-state index >= 15 is 0 Å². The number of benzene rings is 2. The Hall–Kier alpha value is -2.64. The molecular weight excluding hydrogens is 390 g/mol. The lowest BCUT2D eigenvalue weighted by Gasteiger charge is -2.16. The lowest BCUT2D eigenvalue weighted by molar-refractivity contribution is -0.0976. The molecule has 3 rings (SSSR count). The van der Waals surface area contributed by atoms with Crippen molar-refractivity contribution in [2.24, 2.45) is 0 Å². The molecule has 2 aromatic rings. The smallest absolute Gasteiger partial charge is 0.281 e. The molecule has 0 heterocycles. The molecule has 0 saturated heterocycles. The van der Waals surface area contributed by atoms with Crippen molar-refractivity contribution in [3.63, 3.8) is 0 Å². The van der Waals surface area contributed by atoms with E-state index in [2.05, 4.69) is 0 Å². The number of nitriles is 1. The molecule has 0 amide bonds. The van der Waals surface area contributed by atoms with Gasteiger partial charge in [-0.3, -0.25) is 0 Å². The number of halogens is 4. The summed E-state index contributed by atoms with van der Waals surface area (Å²) in [7, 11) is -4.53. The summed E-state index contributed by atoms with van der Waals surface area (Å²) in [6, 6.07) is 4.74. The summed E-state index contributed by atoms with van der Waals surface area (Å²) in [6.45, 7) is 0. The number of hydrogen-bond donors (Lipinski definition) is 1. The van der Waals surface area contributed by atoms with Gasteiger partial charge in [-0.25, -0.2) is 26.0 Å².